The number of ether oxygens (including phenoxy) is 1. The standard InChI is InChI=1S/C24H29N3O/c1-22(2)15-24(16-23(3,4)26-22)27-20(18-12-8-9-13-21(18)28-24)14-19(25-27)17-10-6-5-7-11-17/h5-13,20,26H,14-16H2,1-4H3. The van der Waals surface area contributed by atoms with E-state index in [2.05, 4.69) is 92.6 Å². The molecule has 146 valence electrons. The number of hydrogen-bond acceptors (Lipinski definition) is 4. The first-order chi connectivity index (χ1) is 13.3. The fraction of sp³-hybridized carbons (Fsp3) is 0.458. The number of rotatable bonds is 1. The van der Waals surface area contributed by atoms with Crippen LogP contribution in [-0.2, 0) is 0 Å². The summed E-state index contributed by atoms with van der Waals surface area (Å²) < 4.78 is 6.81. The van der Waals surface area contributed by atoms with E-state index >= 15 is 0 Å². The van der Waals surface area contributed by atoms with E-state index in [0.29, 0.717) is 0 Å². The van der Waals surface area contributed by atoms with Crippen LogP contribution in [0, 0.1) is 0 Å². The third-order valence-electron chi connectivity index (χ3n) is 6.13. The van der Waals surface area contributed by atoms with E-state index in [9.17, 15) is 0 Å². The molecule has 4 heteroatoms. The Labute approximate surface area is 167 Å². The molecule has 4 nitrogen and oxygen atoms in total. The van der Waals surface area contributed by atoms with Gasteiger partial charge in [0.2, 0.25) is 5.72 Å². The van der Waals surface area contributed by atoms with Crippen LogP contribution >= 0.6 is 0 Å². The Bertz CT molecular complexity index is 916. The fourth-order valence-electron chi connectivity index (χ4n) is 5.72. The minimum Gasteiger partial charge on any atom is -0.466 e. The van der Waals surface area contributed by atoms with E-state index in [1.54, 1.807) is 0 Å². The molecule has 3 aliphatic heterocycles. The number of nitrogens with zero attached hydrogens (tertiary/aromatic N) is 2. The van der Waals surface area contributed by atoms with Gasteiger partial charge in [-0.3, -0.25) is 0 Å². The Morgan fingerprint density at radius 1 is 0.929 bits per heavy atom. The van der Waals surface area contributed by atoms with Crippen molar-refractivity contribution < 1.29 is 4.74 Å². The highest BCUT2D eigenvalue weighted by molar-refractivity contribution is 6.01. The van der Waals surface area contributed by atoms with Gasteiger partial charge >= 0.3 is 0 Å². The molecule has 2 aromatic carbocycles. The molecule has 1 saturated heterocycles. The zero-order valence-electron chi connectivity index (χ0n) is 17.2. The number of hydrogen-bond donors (Lipinski definition) is 1. The molecule has 0 amide bonds. The van der Waals surface area contributed by atoms with Crippen LogP contribution in [0.2, 0.25) is 0 Å². The predicted octanol–water partition coefficient (Wildman–Crippen LogP) is 4.87. The summed E-state index contributed by atoms with van der Waals surface area (Å²) in [6, 6.07) is 19.3. The summed E-state index contributed by atoms with van der Waals surface area (Å²) in [5, 5.41) is 11.3. The first-order valence-electron chi connectivity index (χ1n) is 10.3. The first kappa shape index (κ1) is 17.7. The molecular weight excluding hydrogens is 346 g/mol. The largest absolute Gasteiger partial charge is 0.466 e. The minimum atomic E-state index is -0.437. The first-order valence-corrected chi connectivity index (χ1v) is 10.3. The fourth-order valence-corrected chi connectivity index (χ4v) is 5.72. The molecule has 28 heavy (non-hydrogen) atoms. The molecule has 1 atom stereocenters. The average molecular weight is 376 g/mol. The van der Waals surface area contributed by atoms with E-state index in [4.69, 9.17) is 9.84 Å². The molecule has 0 saturated carbocycles. The van der Waals surface area contributed by atoms with Gasteiger partial charge in [-0.25, -0.2) is 5.01 Å². The Morgan fingerprint density at radius 2 is 1.57 bits per heavy atom. The molecule has 0 aliphatic carbocycles. The van der Waals surface area contributed by atoms with Crippen molar-refractivity contribution >= 4 is 5.71 Å². The normalized spacial score (nSPS) is 26.2. The SMILES string of the molecule is CC1(C)CC2(CC(C)(C)N1)Oc1ccccc1C1CC(c3ccccc3)=NN12. The van der Waals surface area contributed by atoms with Crippen molar-refractivity contribution in [2.45, 2.75) is 69.8 Å². The predicted molar refractivity (Wildman–Crippen MR) is 113 cm³/mol. The maximum absolute atomic E-state index is 6.81. The maximum Gasteiger partial charge on any atom is 0.201 e. The third kappa shape index (κ3) is 2.82. The zero-order chi connectivity index (χ0) is 19.6. The van der Waals surface area contributed by atoms with Crippen molar-refractivity contribution in [1.82, 2.24) is 10.3 Å². The highest BCUT2D eigenvalue weighted by atomic mass is 16.5. The van der Waals surface area contributed by atoms with Gasteiger partial charge in [0, 0.05) is 35.9 Å². The van der Waals surface area contributed by atoms with Crippen molar-refractivity contribution in [3.63, 3.8) is 0 Å². The quantitative estimate of drug-likeness (QED) is 0.773. The second kappa shape index (κ2) is 5.84. The number of fused-ring (bicyclic) bond motifs is 4. The molecular formula is C24H29N3O. The van der Waals surface area contributed by atoms with E-state index in [-0.39, 0.29) is 17.1 Å². The molecule has 1 unspecified atom stereocenters. The second-order valence-electron chi connectivity index (χ2n) is 9.81. The van der Waals surface area contributed by atoms with Crippen molar-refractivity contribution in [2.24, 2.45) is 5.10 Å². The van der Waals surface area contributed by atoms with E-state index in [1.807, 2.05) is 0 Å². The van der Waals surface area contributed by atoms with Gasteiger partial charge in [-0.1, -0.05) is 48.5 Å². The summed E-state index contributed by atoms with van der Waals surface area (Å²) in [5.74, 6) is 1.02. The van der Waals surface area contributed by atoms with E-state index < -0.39 is 5.72 Å². The van der Waals surface area contributed by atoms with Gasteiger partial charge in [-0.05, 0) is 39.3 Å². The second-order valence-corrected chi connectivity index (χ2v) is 9.81. The van der Waals surface area contributed by atoms with E-state index in [0.717, 1.165) is 30.7 Å². The van der Waals surface area contributed by atoms with Gasteiger partial charge in [-0.2, -0.15) is 5.10 Å². The molecule has 0 aromatic heterocycles. The van der Waals surface area contributed by atoms with Crippen LogP contribution in [0.1, 0.15) is 64.1 Å². The number of piperidine rings is 1. The summed E-state index contributed by atoms with van der Waals surface area (Å²) >= 11 is 0. The lowest BCUT2D eigenvalue weighted by Crippen LogP contribution is -2.70. The van der Waals surface area contributed by atoms with Crippen LogP contribution < -0.4 is 10.1 Å². The van der Waals surface area contributed by atoms with Gasteiger partial charge in [0.05, 0.1) is 11.8 Å². The third-order valence-corrected chi connectivity index (χ3v) is 6.13. The van der Waals surface area contributed by atoms with Gasteiger partial charge in [0.15, 0.2) is 0 Å². The minimum absolute atomic E-state index is 0.0381. The molecule has 0 radical (unpaired) electrons. The van der Waals surface area contributed by atoms with Crippen LogP contribution in [0.3, 0.4) is 0 Å². The maximum atomic E-state index is 6.81. The Balaban J connectivity index is 1.64. The van der Waals surface area contributed by atoms with Crippen molar-refractivity contribution in [1.29, 1.82) is 0 Å². The van der Waals surface area contributed by atoms with Gasteiger partial charge in [0.25, 0.3) is 0 Å². The van der Waals surface area contributed by atoms with Crippen molar-refractivity contribution in [2.75, 3.05) is 0 Å². The monoisotopic (exact) mass is 375 g/mol. The van der Waals surface area contributed by atoms with Crippen LogP contribution in [0.4, 0.5) is 0 Å². The van der Waals surface area contributed by atoms with Gasteiger partial charge in [0.1, 0.15) is 5.75 Å². The topological polar surface area (TPSA) is 36.9 Å². The summed E-state index contributed by atoms with van der Waals surface area (Å²) in [6.07, 6.45) is 2.69. The molecule has 0 bridgehead atoms. The Kier molecular flexibility index (Phi) is 3.70. The summed E-state index contributed by atoms with van der Waals surface area (Å²) in [7, 11) is 0. The highest BCUT2D eigenvalue weighted by Gasteiger charge is 2.57. The van der Waals surface area contributed by atoms with Crippen LogP contribution in [-0.4, -0.2) is 27.5 Å². The molecule has 5 rings (SSSR count). The summed E-state index contributed by atoms with van der Waals surface area (Å²) in [6.45, 7) is 9.08. The van der Waals surface area contributed by atoms with E-state index in [1.165, 1.54) is 11.1 Å². The molecule has 1 N–H and O–H groups in total. The van der Waals surface area contributed by atoms with Crippen LogP contribution in [0.25, 0.3) is 0 Å². The smallest absolute Gasteiger partial charge is 0.201 e. The molecule has 1 spiro atoms. The van der Waals surface area contributed by atoms with Crippen LogP contribution in [0.5, 0.6) is 5.75 Å². The Morgan fingerprint density at radius 3 is 2.29 bits per heavy atom. The lowest BCUT2D eigenvalue weighted by atomic mass is 9.75. The van der Waals surface area contributed by atoms with Crippen LogP contribution in [0.15, 0.2) is 59.7 Å². The molecule has 1 fully saturated rings. The lowest BCUT2D eigenvalue weighted by molar-refractivity contribution is -0.170. The number of hydrazone groups is 1. The molecule has 3 heterocycles. The average Bonchev–Trinajstić information content (AvgIpc) is 3.07. The molecule has 3 aliphatic rings. The summed E-state index contributed by atoms with van der Waals surface area (Å²) in [4.78, 5) is 0. The zero-order valence-corrected chi connectivity index (χ0v) is 17.2. The lowest BCUT2D eigenvalue weighted by Gasteiger charge is -2.57. The van der Waals surface area contributed by atoms with Gasteiger partial charge < -0.3 is 10.1 Å². The number of benzene rings is 2. The summed E-state index contributed by atoms with van der Waals surface area (Å²) in [5.41, 5.74) is 3.09. The molecule has 2 aromatic rings. The van der Waals surface area contributed by atoms with Gasteiger partial charge in [-0.15, -0.1) is 0 Å². The van der Waals surface area contributed by atoms with Crippen molar-refractivity contribution in [3.05, 3.63) is 65.7 Å². The highest BCUT2D eigenvalue weighted by Crippen LogP contribution is 2.52. The van der Waals surface area contributed by atoms with Crippen molar-refractivity contribution in [3.8, 4) is 5.75 Å². The number of nitrogens with one attached hydrogen (secondary N) is 1. The number of para-hydroxylation sites is 1. The Hall–Kier alpha value is -2.33.